The van der Waals surface area contributed by atoms with Crippen LogP contribution >= 0.6 is 0 Å². The van der Waals surface area contributed by atoms with Crippen molar-refractivity contribution in [3.8, 4) is 5.75 Å². The molecule has 1 N–H and O–H groups in total. The molecule has 1 aliphatic heterocycles. The van der Waals surface area contributed by atoms with Crippen molar-refractivity contribution in [1.29, 1.82) is 0 Å². The maximum absolute atomic E-state index is 13.0. The van der Waals surface area contributed by atoms with Crippen LogP contribution in [0.2, 0.25) is 0 Å². The molecule has 1 aromatic carbocycles. The highest BCUT2D eigenvalue weighted by Gasteiger charge is 2.34. The molecule has 0 spiro atoms. The molecular formula is C16H16FN2O5S+. The highest BCUT2D eigenvalue weighted by molar-refractivity contribution is 7.82. The van der Waals surface area contributed by atoms with Crippen molar-refractivity contribution in [2.75, 3.05) is 13.7 Å². The zero-order valence-electron chi connectivity index (χ0n) is 13.3. The van der Waals surface area contributed by atoms with Crippen molar-refractivity contribution in [2.45, 2.75) is 13.0 Å². The Kier molecular flexibility index (Phi) is 4.44. The largest absolute Gasteiger partial charge is 0.496 e. The summed E-state index contributed by atoms with van der Waals surface area (Å²) in [7, 11) is -2.48. The van der Waals surface area contributed by atoms with E-state index < -0.39 is 22.0 Å². The lowest BCUT2D eigenvalue weighted by Crippen LogP contribution is -2.53. The van der Waals surface area contributed by atoms with Gasteiger partial charge in [0, 0.05) is 25.2 Å². The summed E-state index contributed by atoms with van der Waals surface area (Å²) in [6, 6.07) is 5.19. The number of hydrogen-bond acceptors (Lipinski definition) is 4. The lowest BCUT2D eigenvalue weighted by atomic mass is 9.97. The number of aromatic carboxylic acids is 1. The number of carboxylic acids is 1. The minimum Gasteiger partial charge on any atom is -0.496 e. The van der Waals surface area contributed by atoms with E-state index >= 15 is 0 Å². The quantitative estimate of drug-likeness (QED) is 0.814. The minimum atomic E-state index is -3.87. The van der Waals surface area contributed by atoms with E-state index in [1.165, 1.54) is 17.5 Å². The lowest BCUT2D eigenvalue weighted by Gasteiger charge is -2.25. The molecule has 0 amide bonds. The summed E-state index contributed by atoms with van der Waals surface area (Å²) >= 11 is 0. The summed E-state index contributed by atoms with van der Waals surface area (Å²) < 4.78 is 45.6. The third-order valence-electron chi connectivity index (χ3n) is 4.08. The first-order valence-corrected chi connectivity index (χ1v) is 8.83. The molecule has 0 saturated heterocycles. The van der Waals surface area contributed by atoms with Crippen LogP contribution in [0.4, 0.5) is 4.39 Å². The van der Waals surface area contributed by atoms with Gasteiger partial charge in [-0.15, -0.1) is 12.7 Å². The van der Waals surface area contributed by atoms with E-state index in [-0.39, 0.29) is 24.4 Å². The third-order valence-corrected chi connectivity index (χ3v) is 5.82. The molecule has 2 aromatic rings. The van der Waals surface area contributed by atoms with Crippen LogP contribution < -0.4 is 8.71 Å². The van der Waals surface area contributed by atoms with Gasteiger partial charge in [0.2, 0.25) is 0 Å². The number of aromatic nitrogens is 1. The number of halogens is 1. The molecule has 0 saturated carbocycles. The Morgan fingerprint density at radius 1 is 1.28 bits per heavy atom. The Morgan fingerprint density at radius 2 is 1.96 bits per heavy atom. The van der Waals surface area contributed by atoms with Gasteiger partial charge in [-0.3, -0.25) is 0 Å². The van der Waals surface area contributed by atoms with Crippen LogP contribution in [0.15, 0.2) is 36.7 Å². The van der Waals surface area contributed by atoms with Crippen LogP contribution in [0, 0.1) is 5.82 Å². The number of pyridine rings is 1. The molecular weight excluding hydrogens is 351 g/mol. The highest BCUT2D eigenvalue weighted by Crippen LogP contribution is 2.28. The van der Waals surface area contributed by atoms with E-state index in [4.69, 9.17) is 4.74 Å². The third kappa shape index (κ3) is 3.20. The molecule has 2 heterocycles. The average Bonchev–Trinajstić information content (AvgIpc) is 2.60. The summed E-state index contributed by atoms with van der Waals surface area (Å²) in [6.07, 6.45) is 2.69. The van der Waals surface area contributed by atoms with Gasteiger partial charge in [0.1, 0.15) is 17.1 Å². The van der Waals surface area contributed by atoms with E-state index in [0.29, 0.717) is 12.0 Å². The molecule has 9 heteroatoms. The Bertz CT molecular complexity index is 928. The monoisotopic (exact) mass is 367 g/mol. The fraction of sp³-hybridized carbons (Fsp3) is 0.250. The molecule has 3 rings (SSSR count). The van der Waals surface area contributed by atoms with Gasteiger partial charge in [0.05, 0.1) is 7.11 Å². The zero-order valence-corrected chi connectivity index (χ0v) is 14.2. The Balaban J connectivity index is 1.96. The number of ether oxygens (including phenoxy) is 1. The first-order chi connectivity index (χ1) is 11.8. The number of methoxy groups -OCH3 is 1. The van der Waals surface area contributed by atoms with Crippen LogP contribution in [-0.4, -0.2) is 37.5 Å². The van der Waals surface area contributed by atoms with E-state index in [2.05, 4.69) is 0 Å². The molecule has 1 aliphatic rings. The predicted octanol–water partition coefficient (Wildman–Crippen LogP) is 0.971. The molecule has 7 nitrogen and oxygen atoms in total. The molecule has 0 bridgehead atoms. The van der Waals surface area contributed by atoms with Crippen LogP contribution in [0.5, 0.6) is 5.75 Å². The Labute approximate surface area is 144 Å². The van der Waals surface area contributed by atoms with E-state index in [9.17, 15) is 22.7 Å². The molecule has 1 aromatic heterocycles. The van der Waals surface area contributed by atoms with Crippen molar-refractivity contribution >= 4 is 16.2 Å². The summed E-state index contributed by atoms with van der Waals surface area (Å²) in [4.78, 5) is 11.3. The van der Waals surface area contributed by atoms with Gasteiger partial charge in [0.25, 0.3) is 0 Å². The van der Waals surface area contributed by atoms with Gasteiger partial charge in [0.15, 0.2) is 12.4 Å². The summed E-state index contributed by atoms with van der Waals surface area (Å²) in [5.41, 5.74) is 1.43. The second-order valence-electron chi connectivity index (χ2n) is 5.56. The number of carbonyl (C=O) groups is 1. The van der Waals surface area contributed by atoms with Gasteiger partial charge >= 0.3 is 16.2 Å². The number of nitrogens with zero attached hydrogens (tertiary/aromatic N) is 2. The van der Waals surface area contributed by atoms with Gasteiger partial charge in [-0.25, -0.2) is 9.18 Å². The average molecular weight is 367 g/mol. The molecule has 0 unspecified atom stereocenters. The minimum absolute atomic E-state index is 0.0186. The van der Waals surface area contributed by atoms with Crippen molar-refractivity contribution in [2.24, 2.45) is 0 Å². The topological polar surface area (TPSA) is 87.8 Å². The lowest BCUT2D eigenvalue weighted by molar-refractivity contribution is -0.516. The van der Waals surface area contributed by atoms with E-state index in [0.717, 1.165) is 34.1 Å². The van der Waals surface area contributed by atoms with Crippen molar-refractivity contribution in [3.05, 3.63) is 59.2 Å². The first kappa shape index (κ1) is 17.3. The number of carboxylic acid groups (broad SMARTS) is 1. The second kappa shape index (κ2) is 6.41. The van der Waals surface area contributed by atoms with Crippen LogP contribution in [0.1, 0.15) is 21.5 Å². The summed E-state index contributed by atoms with van der Waals surface area (Å²) in [6.45, 7) is 0.265. The molecule has 0 fully saturated rings. The number of rotatable bonds is 4. The van der Waals surface area contributed by atoms with Gasteiger partial charge in [-0.05, 0) is 29.7 Å². The number of benzene rings is 1. The van der Waals surface area contributed by atoms with Gasteiger partial charge in [-0.1, -0.05) is 3.97 Å². The molecule has 132 valence electrons. The number of hydrogen-bond donors (Lipinski definition) is 1. The fourth-order valence-electron chi connectivity index (χ4n) is 2.78. The van der Waals surface area contributed by atoms with Crippen LogP contribution in [-0.2, 0) is 23.2 Å². The van der Waals surface area contributed by atoms with Crippen molar-refractivity contribution < 1.29 is 31.4 Å². The maximum Gasteiger partial charge on any atom is 0.447 e. The molecule has 0 radical (unpaired) electrons. The van der Waals surface area contributed by atoms with Crippen LogP contribution in [0.3, 0.4) is 0 Å². The smallest absolute Gasteiger partial charge is 0.447 e. The summed E-state index contributed by atoms with van der Waals surface area (Å²) in [5.74, 6) is -1.43. The second-order valence-corrected chi connectivity index (χ2v) is 7.40. The normalized spacial score (nSPS) is 14.8. The highest BCUT2D eigenvalue weighted by atomic mass is 32.2. The SMILES string of the molecule is COc1cc2c(cc1C(=O)O)CN(S(=O)(=O)[n+]1ccc(F)cc1)CC2. The van der Waals surface area contributed by atoms with Gasteiger partial charge in [-0.2, -0.15) is 0 Å². The fourth-order valence-corrected chi connectivity index (χ4v) is 4.10. The standard InChI is InChI=1S/C16H15FN2O5S/c1-24-15-9-11-2-5-19(10-12(11)8-14(15)16(20)21)25(22,23)18-6-3-13(17)4-7-18/h3-4,6-9H,2,5,10H2,1H3/p+1. The van der Waals surface area contributed by atoms with Crippen LogP contribution in [0.25, 0.3) is 0 Å². The maximum atomic E-state index is 13.0. The number of fused-ring (bicyclic) bond motifs is 1. The van der Waals surface area contributed by atoms with E-state index in [1.807, 2.05) is 0 Å². The van der Waals surface area contributed by atoms with Crippen molar-refractivity contribution in [3.63, 3.8) is 0 Å². The van der Waals surface area contributed by atoms with E-state index in [1.54, 1.807) is 6.07 Å². The molecule has 0 atom stereocenters. The Morgan fingerprint density at radius 3 is 2.56 bits per heavy atom. The molecule has 0 aliphatic carbocycles. The van der Waals surface area contributed by atoms with Crippen molar-refractivity contribution in [1.82, 2.24) is 4.31 Å². The van der Waals surface area contributed by atoms with Gasteiger partial charge < -0.3 is 9.84 Å². The summed E-state index contributed by atoms with van der Waals surface area (Å²) in [5, 5.41) is 9.28. The Hall–Kier alpha value is -2.52. The molecule has 25 heavy (non-hydrogen) atoms. The predicted molar refractivity (Wildman–Crippen MR) is 85.0 cm³/mol. The zero-order chi connectivity index (χ0) is 18.2. The first-order valence-electron chi connectivity index (χ1n) is 7.43.